The second-order valence-corrected chi connectivity index (χ2v) is 8.96. The monoisotopic (exact) mass is 326 g/mol. The Kier molecular flexibility index (Phi) is 4.52. The summed E-state index contributed by atoms with van der Waals surface area (Å²) in [5.74, 6) is 1.05. The van der Waals surface area contributed by atoms with Gasteiger partial charge in [0.15, 0.2) is 0 Å². The Morgan fingerprint density at radius 2 is 2.18 bits per heavy atom. The van der Waals surface area contributed by atoms with Gasteiger partial charge in [-0.1, -0.05) is 12.1 Å². The van der Waals surface area contributed by atoms with Crippen LogP contribution in [0.15, 0.2) is 28.6 Å². The molecule has 2 aliphatic heterocycles. The van der Waals surface area contributed by atoms with Crippen molar-refractivity contribution < 1.29 is 13.3 Å². The highest BCUT2D eigenvalue weighted by molar-refractivity contribution is 7.93. The Balaban J connectivity index is 1.66. The molecule has 0 amide bonds. The van der Waals surface area contributed by atoms with Crippen LogP contribution in [-0.4, -0.2) is 53.0 Å². The van der Waals surface area contributed by atoms with E-state index in [1.807, 2.05) is 6.07 Å². The third-order valence-corrected chi connectivity index (χ3v) is 7.06. The third-order valence-electron chi connectivity index (χ3n) is 4.71. The van der Waals surface area contributed by atoms with E-state index in [0.717, 1.165) is 38.0 Å². The maximum absolute atomic E-state index is 13.3. The van der Waals surface area contributed by atoms with E-state index in [4.69, 9.17) is 4.74 Å². The van der Waals surface area contributed by atoms with Gasteiger partial charge in [-0.15, -0.1) is 0 Å². The maximum Gasteiger partial charge on any atom is 0.123 e. The first-order valence-corrected chi connectivity index (χ1v) is 9.59. The van der Waals surface area contributed by atoms with Gasteiger partial charge in [0.1, 0.15) is 5.82 Å². The van der Waals surface area contributed by atoms with Crippen LogP contribution in [0.2, 0.25) is 0 Å². The minimum absolute atomic E-state index is 0.192. The van der Waals surface area contributed by atoms with Gasteiger partial charge in [0.2, 0.25) is 0 Å². The molecule has 3 rings (SSSR count). The first-order chi connectivity index (χ1) is 10.5. The van der Waals surface area contributed by atoms with Crippen LogP contribution in [0.3, 0.4) is 0 Å². The van der Waals surface area contributed by atoms with E-state index in [9.17, 15) is 8.60 Å². The Morgan fingerprint density at radius 1 is 1.41 bits per heavy atom. The van der Waals surface area contributed by atoms with Crippen molar-refractivity contribution in [3.8, 4) is 0 Å². The molecular formula is C16H23FN2O2S. The molecule has 0 atom stereocenters. The molecule has 2 fully saturated rings. The van der Waals surface area contributed by atoms with E-state index >= 15 is 0 Å². The summed E-state index contributed by atoms with van der Waals surface area (Å²) in [4.78, 5) is 2.31. The highest BCUT2D eigenvalue weighted by Gasteiger charge is 2.40. The lowest BCUT2D eigenvalue weighted by molar-refractivity contribution is -0.115. The maximum atomic E-state index is 13.3. The number of benzene rings is 1. The van der Waals surface area contributed by atoms with Gasteiger partial charge in [0.05, 0.1) is 12.2 Å². The summed E-state index contributed by atoms with van der Waals surface area (Å²) in [6.07, 6.45) is 1.59. The van der Waals surface area contributed by atoms with E-state index in [-0.39, 0.29) is 11.4 Å². The molecule has 1 spiro atoms. The molecule has 0 saturated carbocycles. The largest absolute Gasteiger partial charge is 0.372 e. The average Bonchev–Trinajstić information content (AvgIpc) is 2.51. The van der Waals surface area contributed by atoms with Gasteiger partial charge < -0.3 is 4.74 Å². The predicted molar refractivity (Wildman–Crippen MR) is 85.8 cm³/mol. The molecule has 0 N–H and O–H groups in total. The van der Waals surface area contributed by atoms with Crippen molar-refractivity contribution in [2.24, 2.45) is 4.36 Å². The number of morpholine rings is 1. The molecule has 122 valence electrons. The zero-order valence-corrected chi connectivity index (χ0v) is 13.8. The summed E-state index contributed by atoms with van der Waals surface area (Å²) < 4.78 is 35.8. The zero-order chi connectivity index (χ0) is 15.6. The highest BCUT2D eigenvalue weighted by atomic mass is 32.2. The lowest BCUT2D eigenvalue weighted by atomic mass is 9.94. The number of hydrogen-bond donors (Lipinski definition) is 0. The lowest BCUT2D eigenvalue weighted by Crippen LogP contribution is -2.54. The quantitative estimate of drug-likeness (QED) is 0.837. The smallest absolute Gasteiger partial charge is 0.123 e. The van der Waals surface area contributed by atoms with Gasteiger partial charge >= 0.3 is 0 Å². The van der Waals surface area contributed by atoms with Crippen molar-refractivity contribution in [3.05, 3.63) is 35.6 Å². The summed E-state index contributed by atoms with van der Waals surface area (Å²) >= 11 is 0. The average molecular weight is 326 g/mol. The highest BCUT2D eigenvalue weighted by Crippen LogP contribution is 2.32. The van der Waals surface area contributed by atoms with E-state index in [2.05, 4.69) is 9.26 Å². The van der Waals surface area contributed by atoms with Crippen molar-refractivity contribution in [1.29, 1.82) is 0 Å². The van der Waals surface area contributed by atoms with Crippen molar-refractivity contribution in [2.75, 3.05) is 38.2 Å². The fraction of sp³-hybridized carbons (Fsp3) is 0.625. The molecule has 0 bridgehead atoms. The van der Waals surface area contributed by atoms with Crippen molar-refractivity contribution in [3.63, 3.8) is 0 Å². The summed E-state index contributed by atoms with van der Waals surface area (Å²) in [6.45, 7) is 3.09. The number of hydrogen-bond acceptors (Lipinski definition) is 4. The second-order valence-electron chi connectivity index (χ2n) is 6.24. The van der Waals surface area contributed by atoms with Crippen LogP contribution in [0.1, 0.15) is 18.4 Å². The SMILES string of the molecule is CN=S1(=O)CCC2(CC1)CN(Cc1cccc(F)c1)CCO2. The van der Waals surface area contributed by atoms with Crippen LogP contribution < -0.4 is 0 Å². The van der Waals surface area contributed by atoms with E-state index < -0.39 is 9.73 Å². The van der Waals surface area contributed by atoms with E-state index in [0.29, 0.717) is 18.1 Å². The molecule has 2 aliphatic rings. The van der Waals surface area contributed by atoms with Crippen LogP contribution in [0.25, 0.3) is 0 Å². The molecule has 0 radical (unpaired) electrons. The molecule has 1 aromatic carbocycles. The lowest BCUT2D eigenvalue weighted by Gasteiger charge is -2.45. The molecule has 0 aliphatic carbocycles. The fourth-order valence-corrected chi connectivity index (χ4v) is 5.31. The Hall–Kier alpha value is -0.980. The van der Waals surface area contributed by atoms with Gasteiger partial charge in [0, 0.05) is 47.9 Å². The Morgan fingerprint density at radius 3 is 2.86 bits per heavy atom. The van der Waals surface area contributed by atoms with Gasteiger partial charge in [-0.2, -0.15) is 0 Å². The van der Waals surface area contributed by atoms with E-state index in [1.165, 1.54) is 6.07 Å². The molecular weight excluding hydrogens is 303 g/mol. The van der Waals surface area contributed by atoms with Gasteiger partial charge in [-0.3, -0.25) is 4.90 Å². The predicted octanol–water partition coefficient (Wildman–Crippen LogP) is 2.29. The summed E-state index contributed by atoms with van der Waals surface area (Å²) in [5, 5.41) is 0. The first kappa shape index (κ1) is 15.9. The van der Waals surface area contributed by atoms with Gasteiger partial charge in [0.25, 0.3) is 0 Å². The topological polar surface area (TPSA) is 41.9 Å². The standard InChI is InChI=1S/C16H23FN2O2S/c1-18-22(20)9-5-16(6-10-22)13-19(7-8-21-16)12-14-3-2-4-15(17)11-14/h2-4,11H,5-10,12-13H2,1H3. The third kappa shape index (κ3) is 3.50. The van der Waals surface area contributed by atoms with E-state index in [1.54, 1.807) is 19.2 Å². The van der Waals surface area contributed by atoms with Gasteiger partial charge in [-0.05, 0) is 30.5 Å². The van der Waals surface area contributed by atoms with Crippen LogP contribution in [-0.2, 0) is 21.0 Å². The molecule has 4 nitrogen and oxygen atoms in total. The molecule has 0 unspecified atom stereocenters. The molecule has 22 heavy (non-hydrogen) atoms. The van der Waals surface area contributed by atoms with Crippen LogP contribution in [0, 0.1) is 5.82 Å². The molecule has 6 heteroatoms. The van der Waals surface area contributed by atoms with Crippen LogP contribution in [0.5, 0.6) is 0 Å². The number of nitrogens with zero attached hydrogens (tertiary/aromatic N) is 2. The Labute approximate surface area is 131 Å². The summed E-state index contributed by atoms with van der Waals surface area (Å²) in [7, 11) is -0.357. The fourth-order valence-electron chi connectivity index (χ4n) is 3.35. The molecule has 1 aromatic rings. The minimum atomic E-state index is -2.01. The van der Waals surface area contributed by atoms with Crippen molar-refractivity contribution in [1.82, 2.24) is 4.90 Å². The number of halogens is 1. The van der Waals surface area contributed by atoms with Crippen molar-refractivity contribution in [2.45, 2.75) is 25.0 Å². The van der Waals surface area contributed by atoms with Gasteiger partial charge in [-0.25, -0.2) is 13.0 Å². The first-order valence-electron chi connectivity index (χ1n) is 7.74. The summed E-state index contributed by atoms with van der Waals surface area (Å²) in [6, 6.07) is 6.76. The Bertz CT molecular complexity index is 641. The molecule has 2 saturated heterocycles. The second kappa shape index (κ2) is 6.26. The van der Waals surface area contributed by atoms with Crippen LogP contribution >= 0.6 is 0 Å². The normalized spacial score (nSPS) is 33.0. The van der Waals surface area contributed by atoms with Crippen molar-refractivity contribution >= 4 is 9.73 Å². The molecule has 2 heterocycles. The number of rotatable bonds is 2. The minimum Gasteiger partial charge on any atom is -0.372 e. The summed E-state index contributed by atoms with van der Waals surface area (Å²) in [5.41, 5.74) is 0.789. The molecule has 0 aromatic heterocycles. The zero-order valence-electron chi connectivity index (χ0n) is 13.0. The van der Waals surface area contributed by atoms with Crippen LogP contribution in [0.4, 0.5) is 4.39 Å². The number of ether oxygens (including phenoxy) is 1.